The van der Waals surface area contributed by atoms with Gasteiger partial charge in [-0.25, -0.2) is 0 Å². The van der Waals surface area contributed by atoms with Crippen LogP contribution in [0.15, 0.2) is 18.2 Å². The van der Waals surface area contributed by atoms with Gasteiger partial charge in [-0.15, -0.1) is 0 Å². The molecule has 1 aromatic carbocycles. The van der Waals surface area contributed by atoms with Gasteiger partial charge in [0.15, 0.2) is 0 Å². The van der Waals surface area contributed by atoms with Gasteiger partial charge in [-0.3, -0.25) is 4.79 Å². The van der Waals surface area contributed by atoms with Crippen LogP contribution in [0, 0.1) is 5.92 Å². The van der Waals surface area contributed by atoms with Crippen LogP contribution in [0.1, 0.15) is 26.2 Å². The molecule has 0 saturated carbocycles. The minimum Gasteiger partial charge on any atom is -0.492 e. The highest BCUT2D eigenvalue weighted by Crippen LogP contribution is 2.28. The van der Waals surface area contributed by atoms with E-state index in [0.717, 1.165) is 31.6 Å². The zero-order valence-electron chi connectivity index (χ0n) is 11.7. The van der Waals surface area contributed by atoms with Crippen molar-refractivity contribution in [1.82, 2.24) is 5.32 Å². The van der Waals surface area contributed by atoms with E-state index in [-0.39, 0.29) is 5.91 Å². The van der Waals surface area contributed by atoms with Crippen LogP contribution < -0.4 is 15.4 Å². The molecule has 2 rings (SSSR count). The van der Waals surface area contributed by atoms with Gasteiger partial charge in [-0.2, -0.15) is 0 Å². The van der Waals surface area contributed by atoms with Crippen LogP contribution >= 0.6 is 11.6 Å². The normalized spacial score (nSPS) is 15.9. The molecule has 0 atom stereocenters. The molecule has 1 saturated heterocycles. The van der Waals surface area contributed by atoms with Crippen molar-refractivity contribution in [3.8, 4) is 5.75 Å². The molecule has 1 aliphatic heterocycles. The van der Waals surface area contributed by atoms with Gasteiger partial charge >= 0.3 is 0 Å². The summed E-state index contributed by atoms with van der Waals surface area (Å²) in [5.41, 5.74) is 0.720. The largest absolute Gasteiger partial charge is 0.492 e. The monoisotopic (exact) mass is 296 g/mol. The second kappa shape index (κ2) is 7.50. The minimum atomic E-state index is 0.0529. The minimum absolute atomic E-state index is 0.0529. The van der Waals surface area contributed by atoms with E-state index in [0.29, 0.717) is 29.7 Å². The number of anilines is 1. The van der Waals surface area contributed by atoms with Crippen molar-refractivity contribution in [1.29, 1.82) is 0 Å². The molecule has 4 nitrogen and oxygen atoms in total. The lowest BCUT2D eigenvalue weighted by Crippen LogP contribution is -2.30. The molecule has 0 bridgehead atoms. The number of hydrogen-bond donors (Lipinski definition) is 2. The number of carbonyl (C=O) groups is 1. The molecule has 110 valence electrons. The van der Waals surface area contributed by atoms with Gasteiger partial charge in [-0.1, -0.05) is 11.6 Å². The molecule has 1 aromatic rings. The number of hydrogen-bond acceptors (Lipinski definition) is 3. The zero-order valence-corrected chi connectivity index (χ0v) is 12.5. The maximum Gasteiger partial charge on any atom is 0.224 e. The van der Waals surface area contributed by atoms with E-state index < -0.39 is 0 Å². The Balaban J connectivity index is 1.88. The molecule has 5 heteroatoms. The van der Waals surface area contributed by atoms with Crippen molar-refractivity contribution < 1.29 is 9.53 Å². The summed E-state index contributed by atoms with van der Waals surface area (Å²) in [4.78, 5) is 12.0. The van der Waals surface area contributed by atoms with E-state index in [9.17, 15) is 4.79 Å². The fraction of sp³-hybridized carbons (Fsp3) is 0.533. The second-order valence-corrected chi connectivity index (χ2v) is 5.43. The Kier molecular flexibility index (Phi) is 5.68. The third kappa shape index (κ3) is 4.39. The maximum atomic E-state index is 12.0. The first-order valence-electron chi connectivity index (χ1n) is 7.12. The van der Waals surface area contributed by atoms with Crippen LogP contribution in [0.3, 0.4) is 0 Å². The molecule has 0 unspecified atom stereocenters. The average Bonchev–Trinajstić information content (AvgIpc) is 2.43. The predicted octanol–water partition coefficient (Wildman–Crippen LogP) is 3.07. The summed E-state index contributed by atoms with van der Waals surface area (Å²) in [5.74, 6) is 1.18. The number of benzene rings is 1. The Morgan fingerprint density at radius 1 is 1.45 bits per heavy atom. The molecule has 1 heterocycles. The molecular weight excluding hydrogens is 276 g/mol. The SMILES string of the molecule is CCOc1ccc(NC(=O)CC2CCNCC2)cc1Cl. The quantitative estimate of drug-likeness (QED) is 0.878. The van der Waals surface area contributed by atoms with Gasteiger partial charge in [0.2, 0.25) is 5.91 Å². The lowest BCUT2D eigenvalue weighted by molar-refractivity contribution is -0.117. The summed E-state index contributed by atoms with van der Waals surface area (Å²) in [6.45, 7) is 4.49. The molecule has 0 aliphatic carbocycles. The summed E-state index contributed by atoms with van der Waals surface area (Å²) < 4.78 is 5.37. The Morgan fingerprint density at radius 3 is 2.85 bits per heavy atom. The Labute approximate surface area is 124 Å². The lowest BCUT2D eigenvalue weighted by Gasteiger charge is -2.22. The molecule has 1 fully saturated rings. The number of carbonyl (C=O) groups excluding carboxylic acids is 1. The first-order valence-corrected chi connectivity index (χ1v) is 7.49. The van der Waals surface area contributed by atoms with Gasteiger partial charge < -0.3 is 15.4 Å². The van der Waals surface area contributed by atoms with Crippen molar-refractivity contribution in [2.24, 2.45) is 5.92 Å². The third-order valence-electron chi connectivity index (χ3n) is 3.45. The number of rotatable bonds is 5. The molecule has 0 aromatic heterocycles. The average molecular weight is 297 g/mol. The summed E-state index contributed by atoms with van der Waals surface area (Å²) >= 11 is 6.10. The van der Waals surface area contributed by atoms with Crippen molar-refractivity contribution in [3.05, 3.63) is 23.2 Å². The van der Waals surface area contributed by atoms with Crippen LogP contribution in [-0.2, 0) is 4.79 Å². The van der Waals surface area contributed by atoms with Crippen molar-refractivity contribution in [2.45, 2.75) is 26.2 Å². The van der Waals surface area contributed by atoms with E-state index in [4.69, 9.17) is 16.3 Å². The Morgan fingerprint density at radius 2 is 2.20 bits per heavy atom. The van der Waals surface area contributed by atoms with E-state index in [1.807, 2.05) is 13.0 Å². The maximum absolute atomic E-state index is 12.0. The summed E-state index contributed by atoms with van der Waals surface area (Å²) in [7, 11) is 0. The van der Waals surface area contributed by atoms with Gasteiger partial charge in [0.25, 0.3) is 0 Å². The molecule has 1 aliphatic rings. The Bertz CT molecular complexity index is 459. The second-order valence-electron chi connectivity index (χ2n) is 5.02. The van der Waals surface area contributed by atoms with Crippen LogP contribution in [0.5, 0.6) is 5.75 Å². The molecule has 20 heavy (non-hydrogen) atoms. The molecule has 0 radical (unpaired) electrons. The number of ether oxygens (including phenoxy) is 1. The van der Waals surface area contributed by atoms with E-state index >= 15 is 0 Å². The number of halogens is 1. The van der Waals surface area contributed by atoms with Gasteiger partial charge in [-0.05, 0) is 57.0 Å². The van der Waals surface area contributed by atoms with E-state index in [1.54, 1.807) is 12.1 Å². The van der Waals surface area contributed by atoms with Gasteiger partial charge in [0.05, 0.1) is 11.6 Å². The van der Waals surface area contributed by atoms with E-state index in [1.165, 1.54) is 0 Å². The summed E-state index contributed by atoms with van der Waals surface area (Å²) in [6, 6.07) is 5.33. The van der Waals surface area contributed by atoms with Crippen LogP contribution in [0.4, 0.5) is 5.69 Å². The molecule has 2 N–H and O–H groups in total. The standard InChI is InChI=1S/C15H21ClN2O2/c1-2-20-14-4-3-12(10-13(14)16)18-15(19)9-11-5-7-17-8-6-11/h3-4,10-11,17H,2,5-9H2,1H3,(H,18,19). The third-order valence-corrected chi connectivity index (χ3v) is 3.74. The van der Waals surface area contributed by atoms with Crippen molar-refractivity contribution in [3.63, 3.8) is 0 Å². The first kappa shape index (κ1) is 15.1. The highest BCUT2D eigenvalue weighted by atomic mass is 35.5. The number of amides is 1. The van der Waals surface area contributed by atoms with Crippen LogP contribution in [-0.4, -0.2) is 25.6 Å². The van der Waals surface area contributed by atoms with Crippen molar-refractivity contribution in [2.75, 3.05) is 25.0 Å². The molecular formula is C15H21ClN2O2. The smallest absolute Gasteiger partial charge is 0.224 e. The first-order chi connectivity index (χ1) is 9.69. The van der Waals surface area contributed by atoms with Gasteiger partial charge in [0, 0.05) is 12.1 Å². The topological polar surface area (TPSA) is 50.4 Å². The highest BCUT2D eigenvalue weighted by molar-refractivity contribution is 6.32. The van der Waals surface area contributed by atoms with E-state index in [2.05, 4.69) is 10.6 Å². The number of nitrogens with one attached hydrogen (secondary N) is 2. The zero-order chi connectivity index (χ0) is 14.4. The lowest BCUT2D eigenvalue weighted by atomic mass is 9.94. The van der Waals surface area contributed by atoms with Crippen LogP contribution in [0.25, 0.3) is 0 Å². The summed E-state index contributed by atoms with van der Waals surface area (Å²) in [5, 5.41) is 6.72. The highest BCUT2D eigenvalue weighted by Gasteiger charge is 2.17. The van der Waals surface area contributed by atoms with Crippen molar-refractivity contribution >= 4 is 23.2 Å². The Hall–Kier alpha value is -1.26. The van der Waals surface area contributed by atoms with Crippen LogP contribution in [0.2, 0.25) is 5.02 Å². The fourth-order valence-electron chi connectivity index (χ4n) is 2.41. The predicted molar refractivity (Wildman–Crippen MR) is 81.5 cm³/mol. The molecule has 0 spiro atoms. The summed E-state index contributed by atoms with van der Waals surface area (Å²) in [6.07, 6.45) is 2.71. The number of piperidine rings is 1. The molecule has 1 amide bonds. The van der Waals surface area contributed by atoms with Gasteiger partial charge in [0.1, 0.15) is 5.75 Å². The fourth-order valence-corrected chi connectivity index (χ4v) is 2.65.